The third kappa shape index (κ3) is 4.16. The minimum Gasteiger partial charge on any atom is -0.352 e. The third-order valence-electron chi connectivity index (χ3n) is 4.31. The van der Waals surface area contributed by atoms with Crippen LogP contribution in [0.25, 0.3) is 0 Å². The molecule has 2 aromatic rings. The molecule has 1 fully saturated rings. The summed E-state index contributed by atoms with van der Waals surface area (Å²) in [7, 11) is 3.38. The third-order valence-corrected chi connectivity index (χ3v) is 5.47. The van der Waals surface area contributed by atoms with Crippen LogP contribution in [0.4, 0.5) is 5.82 Å². The van der Waals surface area contributed by atoms with Crippen molar-refractivity contribution in [2.45, 2.75) is 6.42 Å². The highest BCUT2D eigenvalue weighted by atomic mass is 35.5. The molecule has 0 radical (unpaired) electrons. The number of hydrogen-bond donors (Lipinski definition) is 0. The molecule has 1 saturated heterocycles. The molecule has 0 saturated carbocycles. The molecule has 1 aliphatic heterocycles. The van der Waals surface area contributed by atoms with Gasteiger partial charge in [0.05, 0.1) is 17.0 Å². The summed E-state index contributed by atoms with van der Waals surface area (Å²) in [5, 5.41) is 2.44. The predicted octanol–water partition coefficient (Wildman–Crippen LogP) is 2.39. The first kappa shape index (κ1) is 18.7. The van der Waals surface area contributed by atoms with Gasteiger partial charge in [0, 0.05) is 51.3 Å². The van der Waals surface area contributed by atoms with Crippen molar-refractivity contribution in [3.8, 4) is 0 Å². The van der Waals surface area contributed by atoms with Gasteiger partial charge in [-0.25, -0.2) is 4.98 Å². The number of nitrogens with zero attached hydrogens (tertiary/aromatic N) is 4. The zero-order valence-corrected chi connectivity index (χ0v) is 16.4. The van der Waals surface area contributed by atoms with Crippen molar-refractivity contribution in [2.75, 3.05) is 45.2 Å². The number of carbonyl (C=O) groups excluding carboxylic acids is 2. The number of rotatable bonds is 4. The molecular weight excluding hydrogens is 372 g/mol. The number of thiophene rings is 1. The first-order chi connectivity index (χ1) is 12.5. The first-order valence-electron chi connectivity index (χ1n) is 8.38. The molecule has 3 heterocycles. The Morgan fingerprint density at radius 1 is 1.27 bits per heavy atom. The highest BCUT2D eigenvalue weighted by molar-refractivity contribution is 7.10. The van der Waals surface area contributed by atoms with Gasteiger partial charge in [-0.05, 0) is 17.5 Å². The fourth-order valence-electron chi connectivity index (χ4n) is 2.88. The normalized spacial score (nSPS) is 14.4. The van der Waals surface area contributed by atoms with Crippen molar-refractivity contribution in [3.05, 3.63) is 45.2 Å². The average Bonchev–Trinajstić information content (AvgIpc) is 3.14. The van der Waals surface area contributed by atoms with Crippen molar-refractivity contribution in [2.24, 2.45) is 0 Å². The zero-order valence-electron chi connectivity index (χ0n) is 14.8. The number of aromatic nitrogens is 1. The van der Waals surface area contributed by atoms with E-state index in [1.165, 1.54) is 4.90 Å². The lowest BCUT2D eigenvalue weighted by atomic mass is 10.2. The molecule has 0 N–H and O–H groups in total. The quantitative estimate of drug-likeness (QED) is 0.801. The molecule has 0 aliphatic carbocycles. The Bertz CT molecular complexity index is 786. The molecule has 6 nitrogen and oxygen atoms in total. The van der Waals surface area contributed by atoms with E-state index in [1.807, 2.05) is 22.4 Å². The summed E-state index contributed by atoms with van der Waals surface area (Å²) in [6.07, 6.45) is 2.01. The standard InChI is InChI=1S/C18H21ClN4O2S/c1-21(2)18(25)13-10-15(19)17(20-12-13)23-7-5-22(6-8-23)16(24)11-14-4-3-9-26-14/h3-4,9-10,12H,5-8,11H2,1-2H3. The van der Waals surface area contributed by atoms with Gasteiger partial charge in [0.15, 0.2) is 0 Å². The smallest absolute Gasteiger partial charge is 0.254 e. The zero-order chi connectivity index (χ0) is 18.7. The lowest BCUT2D eigenvalue weighted by Crippen LogP contribution is -2.49. The van der Waals surface area contributed by atoms with E-state index in [0.29, 0.717) is 49.0 Å². The van der Waals surface area contributed by atoms with Crippen molar-refractivity contribution in [1.29, 1.82) is 0 Å². The van der Waals surface area contributed by atoms with Gasteiger partial charge in [-0.15, -0.1) is 11.3 Å². The molecule has 2 aromatic heterocycles. The largest absolute Gasteiger partial charge is 0.352 e. The molecule has 0 aromatic carbocycles. The topological polar surface area (TPSA) is 56.8 Å². The molecule has 8 heteroatoms. The van der Waals surface area contributed by atoms with Gasteiger partial charge in [0.25, 0.3) is 5.91 Å². The van der Waals surface area contributed by atoms with Gasteiger partial charge in [-0.2, -0.15) is 0 Å². The number of amides is 2. The van der Waals surface area contributed by atoms with Crippen LogP contribution in [-0.2, 0) is 11.2 Å². The maximum atomic E-state index is 12.4. The summed E-state index contributed by atoms with van der Waals surface area (Å²) >= 11 is 7.96. The maximum Gasteiger partial charge on any atom is 0.254 e. The maximum absolute atomic E-state index is 12.4. The Morgan fingerprint density at radius 3 is 2.58 bits per heavy atom. The van der Waals surface area contributed by atoms with E-state index in [0.717, 1.165) is 4.88 Å². The van der Waals surface area contributed by atoms with Crippen molar-refractivity contribution in [3.63, 3.8) is 0 Å². The number of carbonyl (C=O) groups is 2. The Kier molecular flexibility index (Phi) is 5.78. The summed E-state index contributed by atoms with van der Waals surface area (Å²) in [6, 6.07) is 5.60. The minimum atomic E-state index is -0.130. The van der Waals surface area contributed by atoms with E-state index in [4.69, 9.17) is 11.6 Å². The van der Waals surface area contributed by atoms with Crippen molar-refractivity contribution < 1.29 is 9.59 Å². The lowest BCUT2D eigenvalue weighted by Gasteiger charge is -2.35. The van der Waals surface area contributed by atoms with Crippen LogP contribution < -0.4 is 4.90 Å². The molecule has 2 amide bonds. The second-order valence-corrected chi connectivity index (χ2v) is 7.79. The first-order valence-corrected chi connectivity index (χ1v) is 9.64. The van der Waals surface area contributed by atoms with E-state index in [9.17, 15) is 9.59 Å². The Labute approximate surface area is 162 Å². The monoisotopic (exact) mass is 392 g/mol. The van der Waals surface area contributed by atoms with Crippen LogP contribution in [0, 0.1) is 0 Å². The molecule has 1 aliphatic rings. The summed E-state index contributed by atoms with van der Waals surface area (Å²) in [5.41, 5.74) is 0.466. The van der Waals surface area contributed by atoms with E-state index in [2.05, 4.69) is 9.88 Å². The molecule has 3 rings (SSSR count). The van der Waals surface area contributed by atoms with Crippen LogP contribution >= 0.6 is 22.9 Å². The highest BCUT2D eigenvalue weighted by Gasteiger charge is 2.24. The van der Waals surface area contributed by atoms with E-state index < -0.39 is 0 Å². The minimum absolute atomic E-state index is 0.130. The summed E-state index contributed by atoms with van der Waals surface area (Å²) in [5.74, 6) is 0.681. The second kappa shape index (κ2) is 8.05. The van der Waals surface area contributed by atoms with Crippen LogP contribution in [-0.4, -0.2) is 66.9 Å². The fourth-order valence-corrected chi connectivity index (χ4v) is 3.86. The Hall–Kier alpha value is -2.12. The predicted molar refractivity (Wildman–Crippen MR) is 104 cm³/mol. The molecule has 26 heavy (non-hydrogen) atoms. The van der Waals surface area contributed by atoms with Gasteiger partial charge in [-0.1, -0.05) is 17.7 Å². The van der Waals surface area contributed by atoms with Gasteiger partial charge in [-0.3, -0.25) is 9.59 Å². The number of halogens is 1. The van der Waals surface area contributed by atoms with Crippen LogP contribution in [0.5, 0.6) is 0 Å². The van der Waals surface area contributed by atoms with E-state index in [-0.39, 0.29) is 11.8 Å². The summed E-state index contributed by atoms with van der Waals surface area (Å²) < 4.78 is 0. The molecule has 0 unspecified atom stereocenters. The van der Waals surface area contributed by atoms with E-state index >= 15 is 0 Å². The van der Waals surface area contributed by atoms with Crippen LogP contribution in [0.3, 0.4) is 0 Å². The van der Waals surface area contributed by atoms with Gasteiger partial charge in [0.2, 0.25) is 5.91 Å². The SMILES string of the molecule is CN(C)C(=O)c1cnc(N2CCN(C(=O)Cc3cccs3)CC2)c(Cl)c1. The van der Waals surface area contributed by atoms with Crippen LogP contribution in [0.1, 0.15) is 15.2 Å². The van der Waals surface area contributed by atoms with Crippen molar-refractivity contribution >= 4 is 40.6 Å². The number of hydrogen-bond acceptors (Lipinski definition) is 5. The molecule has 0 bridgehead atoms. The van der Waals surface area contributed by atoms with Gasteiger partial charge < -0.3 is 14.7 Å². The average molecular weight is 393 g/mol. The number of pyridine rings is 1. The molecule has 138 valence electrons. The number of piperazine rings is 1. The highest BCUT2D eigenvalue weighted by Crippen LogP contribution is 2.25. The molecule has 0 spiro atoms. The summed E-state index contributed by atoms with van der Waals surface area (Å²) in [4.78, 5) is 35.3. The second-order valence-electron chi connectivity index (χ2n) is 6.35. The van der Waals surface area contributed by atoms with Gasteiger partial charge in [0.1, 0.15) is 5.82 Å². The van der Waals surface area contributed by atoms with Crippen molar-refractivity contribution in [1.82, 2.24) is 14.8 Å². The van der Waals surface area contributed by atoms with Crippen LogP contribution in [0.15, 0.2) is 29.8 Å². The lowest BCUT2D eigenvalue weighted by molar-refractivity contribution is -0.130. The number of anilines is 1. The molecule has 0 atom stereocenters. The Balaban J connectivity index is 1.61. The fraction of sp³-hybridized carbons (Fsp3) is 0.389. The van der Waals surface area contributed by atoms with E-state index in [1.54, 1.807) is 37.7 Å². The summed E-state index contributed by atoms with van der Waals surface area (Å²) in [6.45, 7) is 2.62. The molecular formula is C18H21ClN4O2S. The van der Waals surface area contributed by atoms with Gasteiger partial charge >= 0.3 is 0 Å². The van der Waals surface area contributed by atoms with Crippen LogP contribution in [0.2, 0.25) is 5.02 Å². The Morgan fingerprint density at radius 2 is 2.00 bits per heavy atom.